The van der Waals surface area contributed by atoms with Crippen molar-refractivity contribution in [2.45, 2.75) is 101 Å². The third-order valence-corrected chi connectivity index (χ3v) is 9.91. The Hall–Kier alpha value is -5.24. The summed E-state index contributed by atoms with van der Waals surface area (Å²) in [6.07, 6.45) is 5.09. The second-order valence-corrected chi connectivity index (χ2v) is 16.1. The molecule has 6 atom stereocenters. The second-order valence-electron chi connectivity index (χ2n) is 14.1. The van der Waals surface area contributed by atoms with Crippen molar-refractivity contribution in [2.24, 2.45) is 61.0 Å². The van der Waals surface area contributed by atoms with E-state index in [9.17, 15) is 38.7 Å². The lowest BCUT2D eigenvalue weighted by Crippen LogP contribution is -2.59. The van der Waals surface area contributed by atoms with Gasteiger partial charge in [-0.3, -0.25) is 43.7 Å². The van der Waals surface area contributed by atoms with Gasteiger partial charge in [0.2, 0.25) is 35.4 Å². The maximum Gasteiger partial charge on any atom is 0.326 e. The number of hydrogen-bond acceptors (Lipinski definition) is 13. The molecule has 0 aliphatic heterocycles. The first-order valence-corrected chi connectivity index (χ1v) is 22.4. The minimum absolute atomic E-state index is 0.0163. The molecule has 6 amide bonds. The first-order valence-electron chi connectivity index (χ1n) is 19.6. The standard InChI is InChI=1S/C35H68N16O8S2/c1-19(2)26(51-27(53)20(36)8-5-13-43-33(37)38)31(57)49-23(12-17-61-4)30(56)48-21(9-6-14-44-34(39)40)28(54)46-18-25(52)47-22(11-16-60-3)29(55)50-24(32(58)59)10-7-15-45-35(41)42/h19-24,26H,5-18,36H2,1-4H3,(H,46,54)(H,47,52)(H,48,56)(H,49,57)(H,50,55)(H,51,53)(H,58,59)(H4,37,38,43)(H4,39,40,44)(H4,41,42,45)/t20-,21-,22-,23-,24-,26-/m0/s1. The summed E-state index contributed by atoms with van der Waals surface area (Å²) in [7, 11) is 0. The zero-order valence-electron chi connectivity index (χ0n) is 35.4. The smallest absolute Gasteiger partial charge is 0.326 e. The number of rotatable bonds is 32. The fourth-order valence-corrected chi connectivity index (χ4v) is 6.27. The maximum atomic E-state index is 13.8. The minimum Gasteiger partial charge on any atom is -0.480 e. The largest absolute Gasteiger partial charge is 0.480 e. The molecule has 0 aliphatic rings. The lowest BCUT2D eigenvalue weighted by Gasteiger charge is -2.27. The lowest BCUT2D eigenvalue weighted by molar-refractivity contribution is -0.142. The Bertz CT molecular complexity index is 1510. The molecular formula is C35H68N16O8S2. The van der Waals surface area contributed by atoms with Crippen molar-refractivity contribution in [1.29, 1.82) is 0 Å². The van der Waals surface area contributed by atoms with Crippen molar-refractivity contribution in [3.05, 3.63) is 0 Å². The molecule has 0 heterocycles. The van der Waals surface area contributed by atoms with Crippen molar-refractivity contribution < 1.29 is 38.7 Å². The number of nitrogens with two attached hydrogens (primary N) is 7. The van der Waals surface area contributed by atoms with Crippen molar-refractivity contribution in [3.8, 4) is 0 Å². The fraction of sp³-hybridized carbons (Fsp3) is 0.714. The monoisotopic (exact) mass is 904 g/mol. The van der Waals surface area contributed by atoms with Crippen LogP contribution in [0.1, 0.15) is 65.2 Å². The fourth-order valence-electron chi connectivity index (χ4n) is 5.33. The summed E-state index contributed by atoms with van der Waals surface area (Å²) in [5, 5.41) is 25.1. The van der Waals surface area contributed by atoms with Crippen molar-refractivity contribution in [1.82, 2.24) is 31.9 Å². The molecule has 0 saturated carbocycles. The predicted molar refractivity (Wildman–Crippen MR) is 239 cm³/mol. The summed E-state index contributed by atoms with van der Waals surface area (Å²) in [5.41, 5.74) is 38.2. The maximum absolute atomic E-state index is 13.8. The van der Waals surface area contributed by atoms with Crippen LogP contribution in [-0.2, 0) is 33.6 Å². The van der Waals surface area contributed by atoms with Crippen LogP contribution >= 0.6 is 23.5 Å². The van der Waals surface area contributed by atoms with Crippen LogP contribution in [-0.4, -0.2) is 151 Å². The average Bonchev–Trinajstić information content (AvgIpc) is 3.18. The number of aliphatic imine (C=N–C) groups is 3. The normalized spacial score (nSPS) is 13.7. The molecule has 0 fully saturated rings. The van der Waals surface area contributed by atoms with Gasteiger partial charge in [0.25, 0.3) is 0 Å². The van der Waals surface area contributed by atoms with E-state index in [0.29, 0.717) is 17.9 Å². The van der Waals surface area contributed by atoms with Crippen LogP contribution in [0.4, 0.5) is 0 Å². The third-order valence-electron chi connectivity index (χ3n) is 8.62. The zero-order valence-corrected chi connectivity index (χ0v) is 37.1. The summed E-state index contributed by atoms with van der Waals surface area (Å²) in [4.78, 5) is 103. The van der Waals surface area contributed by atoms with Gasteiger partial charge in [0.05, 0.1) is 12.6 Å². The van der Waals surface area contributed by atoms with E-state index in [1.54, 1.807) is 20.1 Å². The van der Waals surface area contributed by atoms with Gasteiger partial charge in [-0.05, 0) is 81.3 Å². The van der Waals surface area contributed by atoms with Crippen LogP contribution < -0.4 is 72.0 Å². The molecule has 0 radical (unpaired) electrons. The second kappa shape index (κ2) is 31.6. The van der Waals surface area contributed by atoms with E-state index in [1.807, 2.05) is 6.26 Å². The number of amides is 6. The van der Waals surface area contributed by atoms with E-state index >= 15 is 0 Å². The SMILES string of the molecule is CSCC[C@H](NC(=O)CNC(=O)[C@H](CCCN=C(N)N)NC(=O)[C@H](CCSC)NC(=O)[C@@H](NC(=O)[C@@H](N)CCCN=C(N)N)C(C)C)C(=O)N[C@@H](CCCN=C(N)N)C(=O)O. The van der Waals surface area contributed by atoms with Crippen LogP contribution in [0, 0.1) is 5.92 Å². The molecule has 0 aromatic carbocycles. The molecule has 0 aromatic rings. The molecule has 348 valence electrons. The first kappa shape index (κ1) is 55.8. The van der Waals surface area contributed by atoms with Crippen LogP contribution in [0.3, 0.4) is 0 Å². The third kappa shape index (κ3) is 25.9. The number of aliphatic carboxylic acids is 1. The molecule has 24 nitrogen and oxygen atoms in total. The van der Waals surface area contributed by atoms with Gasteiger partial charge in [-0.1, -0.05) is 13.8 Å². The molecule has 21 N–H and O–H groups in total. The van der Waals surface area contributed by atoms with Gasteiger partial charge in [0, 0.05) is 19.6 Å². The quantitative estimate of drug-likeness (QED) is 0.0171. The molecule has 0 saturated heterocycles. The highest BCUT2D eigenvalue weighted by atomic mass is 32.2. The van der Waals surface area contributed by atoms with Crippen LogP contribution in [0.25, 0.3) is 0 Å². The number of carbonyl (C=O) groups is 7. The Morgan fingerprint density at radius 3 is 1.39 bits per heavy atom. The highest BCUT2D eigenvalue weighted by molar-refractivity contribution is 7.98. The average molecular weight is 905 g/mol. The van der Waals surface area contributed by atoms with Crippen LogP contribution in [0.2, 0.25) is 0 Å². The molecule has 0 spiro atoms. The highest BCUT2D eigenvalue weighted by Crippen LogP contribution is 2.09. The summed E-state index contributed by atoms with van der Waals surface area (Å²) < 4.78 is 0. The van der Waals surface area contributed by atoms with Crippen molar-refractivity contribution in [2.75, 3.05) is 50.2 Å². The topological polar surface area (TPSA) is 431 Å². The van der Waals surface area contributed by atoms with E-state index in [1.165, 1.54) is 23.5 Å². The molecule has 0 bridgehead atoms. The predicted octanol–water partition coefficient (Wildman–Crippen LogP) is -4.74. The number of guanidine groups is 3. The van der Waals surface area contributed by atoms with E-state index in [0.717, 1.165) is 0 Å². The Labute approximate surface area is 365 Å². The summed E-state index contributed by atoms with van der Waals surface area (Å²) in [6.45, 7) is 3.34. The van der Waals surface area contributed by atoms with E-state index in [-0.39, 0.29) is 82.5 Å². The molecular weight excluding hydrogens is 837 g/mol. The van der Waals surface area contributed by atoms with E-state index in [4.69, 9.17) is 40.1 Å². The lowest BCUT2D eigenvalue weighted by atomic mass is 10.0. The van der Waals surface area contributed by atoms with Gasteiger partial charge in [-0.2, -0.15) is 23.5 Å². The van der Waals surface area contributed by atoms with Crippen molar-refractivity contribution >= 4 is 82.8 Å². The number of nitrogens with zero attached hydrogens (tertiary/aromatic N) is 3. The molecule has 26 heteroatoms. The van der Waals surface area contributed by atoms with Gasteiger partial charge in [-0.25, -0.2) is 4.79 Å². The van der Waals surface area contributed by atoms with Gasteiger partial charge < -0.3 is 77.1 Å². The minimum atomic E-state index is -1.29. The Balaban J connectivity index is 5.95. The number of carboxylic acid groups (broad SMARTS) is 1. The Morgan fingerprint density at radius 2 is 0.951 bits per heavy atom. The van der Waals surface area contributed by atoms with Gasteiger partial charge in [0.15, 0.2) is 17.9 Å². The molecule has 0 aliphatic carbocycles. The molecule has 0 aromatic heterocycles. The summed E-state index contributed by atoms with van der Waals surface area (Å²) >= 11 is 2.81. The highest BCUT2D eigenvalue weighted by Gasteiger charge is 2.32. The van der Waals surface area contributed by atoms with E-state index < -0.39 is 90.1 Å². The molecule has 0 rings (SSSR count). The van der Waals surface area contributed by atoms with Crippen LogP contribution in [0.5, 0.6) is 0 Å². The zero-order chi connectivity index (χ0) is 46.5. The van der Waals surface area contributed by atoms with E-state index in [2.05, 4.69) is 46.9 Å². The van der Waals surface area contributed by atoms with Gasteiger partial charge in [-0.15, -0.1) is 0 Å². The number of carbonyl (C=O) groups excluding carboxylic acids is 6. The molecule has 61 heavy (non-hydrogen) atoms. The first-order chi connectivity index (χ1) is 28.7. The number of nitrogens with one attached hydrogen (secondary N) is 6. The van der Waals surface area contributed by atoms with Crippen LogP contribution in [0.15, 0.2) is 15.0 Å². The Morgan fingerprint density at radius 1 is 0.541 bits per heavy atom. The Kier molecular flexibility index (Phi) is 28.9. The molecule has 0 unspecified atom stereocenters. The van der Waals surface area contributed by atoms with Gasteiger partial charge in [0.1, 0.15) is 30.2 Å². The number of thioether (sulfide) groups is 2. The van der Waals surface area contributed by atoms with Gasteiger partial charge >= 0.3 is 5.97 Å². The van der Waals surface area contributed by atoms with Crippen molar-refractivity contribution in [3.63, 3.8) is 0 Å². The summed E-state index contributed by atoms with van der Waals surface area (Å²) in [5.74, 6) is -5.46. The number of carboxylic acids is 1. The summed E-state index contributed by atoms with van der Waals surface area (Å²) in [6, 6.07) is -6.81. The number of hydrogen-bond donors (Lipinski definition) is 14.